The van der Waals surface area contributed by atoms with E-state index in [2.05, 4.69) is 69.4 Å². The molecule has 0 saturated heterocycles. The van der Waals surface area contributed by atoms with Crippen molar-refractivity contribution in [2.45, 2.75) is 374 Å². The van der Waals surface area contributed by atoms with E-state index in [4.69, 9.17) is 14.2 Å². The predicted octanol–water partition coefficient (Wildman–Crippen LogP) is 23.3. The quantitative estimate of drug-likeness (QED) is 0.0261. The van der Waals surface area contributed by atoms with Crippen LogP contribution in [-0.4, -0.2) is 37.2 Å². The SMILES string of the molecule is CC/C=C\C/C=C\C/C=C\C/C=C\CCCCCCCCCCC(=O)OCC(COC(=O)CCCCCCCCCCCCCCCCCCCCC)OC(=O)CCCCCCCCCCCCCCCCCCCCC. The Labute approximate surface area is 479 Å². The molecule has 0 bridgehead atoms. The van der Waals surface area contributed by atoms with Gasteiger partial charge in [-0.05, 0) is 57.8 Å². The van der Waals surface area contributed by atoms with E-state index >= 15 is 0 Å². The third-order valence-electron chi connectivity index (χ3n) is 15.3. The Hall–Kier alpha value is -2.63. The van der Waals surface area contributed by atoms with Crippen molar-refractivity contribution < 1.29 is 28.6 Å². The molecule has 0 aliphatic rings. The number of ether oxygens (including phenoxy) is 3. The van der Waals surface area contributed by atoms with Crippen molar-refractivity contribution in [2.75, 3.05) is 13.2 Å². The molecule has 1 unspecified atom stereocenters. The van der Waals surface area contributed by atoms with Crippen LogP contribution in [0.15, 0.2) is 48.6 Å². The van der Waals surface area contributed by atoms with Crippen LogP contribution in [0.3, 0.4) is 0 Å². The normalized spacial score (nSPS) is 12.3. The molecule has 0 heterocycles. The predicted molar refractivity (Wildman–Crippen MR) is 335 cm³/mol. The summed E-state index contributed by atoms with van der Waals surface area (Å²) in [7, 11) is 0. The second kappa shape index (κ2) is 65.9. The molecular weight excluding hydrogens is 949 g/mol. The number of esters is 3. The molecule has 0 radical (unpaired) electrons. The topological polar surface area (TPSA) is 78.9 Å². The molecule has 0 saturated carbocycles. The van der Waals surface area contributed by atoms with Crippen LogP contribution in [-0.2, 0) is 28.6 Å². The lowest BCUT2D eigenvalue weighted by atomic mass is 10.0. The summed E-state index contributed by atoms with van der Waals surface area (Å²) in [5.74, 6) is -0.849. The first-order chi connectivity index (χ1) is 38.0. The summed E-state index contributed by atoms with van der Waals surface area (Å²) in [6.45, 7) is 6.60. The third-order valence-corrected chi connectivity index (χ3v) is 15.3. The average Bonchev–Trinajstić information content (AvgIpc) is 3.43. The molecular formula is C71H130O6. The van der Waals surface area contributed by atoms with Crippen LogP contribution in [0.5, 0.6) is 0 Å². The lowest BCUT2D eigenvalue weighted by Crippen LogP contribution is -2.30. The Morgan fingerprint density at radius 2 is 0.506 bits per heavy atom. The van der Waals surface area contributed by atoms with Gasteiger partial charge in [-0.15, -0.1) is 0 Å². The van der Waals surface area contributed by atoms with Crippen molar-refractivity contribution in [1.29, 1.82) is 0 Å². The van der Waals surface area contributed by atoms with Crippen LogP contribution in [0.2, 0.25) is 0 Å². The van der Waals surface area contributed by atoms with Gasteiger partial charge in [0.2, 0.25) is 0 Å². The molecule has 0 aromatic carbocycles. The van der Waals surface area contributed by atoms with Crippen molar-refractivity contribution in [3.05, 3.63) is 48.6 Å². The lowest BCUT2D eigenvalue weighted by Gasteiger charge is -2.18. The Morgan fingerprint density at radius 3 is 0.792 bits per heavy atom. The zero-order valence-corrected chi connectivity index (χ0v) is 51.7. The highest BCUT2D eigenvalue weighted by molar-refractivity contribution is 5.71. The molecule has 0 fully saturated rings. The minimum Gasteiger partial charge on any atom is -0.462 e. The van der Waals surface area contributed by atoms with Crippen molar-refractivity contribution in [2.24, 2.45) is 0 Å². The Kier molecular flexibility index (Phi) is 63.6. The fourth-order valence-electron chi connectivity index (χ4n) is 10.3. The molecule has 0 aliphatic carbocycles. The second-order valence-corrected chi connectivity index (χ2v) is 23.1. The summed E-state index contributed by atoms with van der Waals surface area (Å²) in [5.41, 5.74) is 0. The van der Waals surface area contributed by atoms with E-state index in [0.29, 0.717) is 19.3 Å². The van der Waals surface area contributed by atoms with Crippen LogP contribution < -0.4 is 0 Å². The molecule has 0 spiro atoms. The number of hydrogen-bond donors (Lipinski definition) is 0. The van der Waals surface area contributed by atoms with Gasteiger partial charge in [-0.25, -0.2) is 0 Å². The zero-order chi connectivity index (χ0) is 55.7. The summed E-state index contributed by atoms with van der Waals surface area (Å²) >= 11 is 0. The first-order valence-corrected chi connectivity index (χ1v) is 34.1. The first kappa shape index (κ1) is 74.4. The van der Waals surface area contributed by atoms with E-state index < -0.39 is 6.10 Å². The Balaban J connectivity index is 4.33. The van der Waals surface area contributed by atoms with E-state index in [0.717, 1.165) is 89.9 Å². The second-order valence-electron chi connectivity index (χ2n) is 23.1. The van der Waals surface area contributed by atoms with E-state index in [1.807, 2.05) is 0 Å². The highest BCUT2D eigenvalue weighted by Gasteiger charge is 2.19. The lowest BCUT2D eigenvalue weighted by molar-refractivity contribution is -0.167. The fourth-order valence-corrected chi connectivity index (χ4v) is 10.3. The molecule has 1 atom stereocenters. The van der Waals surface area contributed by atoms with Gasteiger partial charge < -0.3 is 14.2 Å². The standard InChI is InChI=1S/C71H130O6/c1-4-7-10-13-16-19-22-25-28-31-34-35-38-40-43-46-49-52-55-58-61-64-70(73)76-67-68(77-71(74)65-62-59-56-53-50-47-44-41-37-33-30-27-24-21-18-15-12-9-6-3)66-75-69(72)63-60-57-54-51-48-45-42-39-36-32-29-26-23-20-17-14-11-8-5-2/h7,10,16,19,25,28,34-35,68H,4-6,8-9,11-15,17-18,20-24,26-27,29-33,36-67H2,1-3H3/b10-7-,19-16-,28-25-,35-34-. The summed E-state index contributed by atoms with van der Waals surface area (Å²) in [6, 6.07) is 0. The maximum Gasteiger partial charge on any atom is 0.306 e. The van der Waals surface area contributed by atoms with Gasteiger partial charge in [0.25, 0.3) is 0 Å². The zero-order valence-electron chi connectivity index (χ0n) is 51.7. The number of hydrogen-bond acceptors (Lipinski definition) is 6. The van der Waals surface area contributed by atoms with Crippen molar-refractivity contribution >= 4 is 17.9 Å². The van der Waals surface area contributed by atoms with Gasteiger partial charge in [0, 0.05) is 19.3 Å². The average molecular weight is 1080 g/mol. The van der Waals surface area contributed by atoms with Gasteiger partial charge >= 0.3 is 17.9 Å². The van der Waals surface area contributed by atoms with Gasteiger partial charge in [0.1, 0.15) is 13.2 Å². The number of carbonyl (C=O) groups excluding carboxylic acids is 3. The molecule has 0 aromatic heterocycles. The monoisotopic (exact) mass is 1080 g/mol. The fraction of sp³-hybridized carbons (Fsp3) is 0.845. The Morgan fingerprint density at radius 1 is 0.273 bits per heavy atom. The number of carbonyl (C=O) groups is 3. The van der Waals surface area contributed by atoms with Crippen molar-refractivity contribution in [1.82, 2.24) is 0 Å². The van der Waals surface area contributed by atoms with Crippen molar-refractivity contribution in [3.8, 4) is 0 Å². The minimum absolute atomic E-state index is 0.0698. The molecule has 0 aliphatic heterocycles. The van der Waals surface area contributed by atoms with E-state index in [-0.39, 0.29) is 31.1 Å². The molecule has 0 amide bonds. The summed E-state index contributed by atoms with van der Waals surface area (Å²) in [6.07, 6.45) is 82.6. The Bertz CT molecular complexity index is 1330. The molecule has 450 valence electrons. The molecule has 0 N–H and O–H groups in total. The van der Waals surface area contributed by atoms with Gasteiger partial charge in [-0.3, -0.25) is 14.4 Å². The highest BCUT2D eigenvalue weighted by Crippen LogP contribution is 2.18. The van der Waals surface area contributed by atoms with Gasteiger partial charge in [0.05, 0.1) is 0 Å². The molecule has 77 heavy (non-hydrogen) atoms. The summed E-state index contributed by atoms with van der Waals surface area (Å²) in [5, 5.41) is 0. The van der Waals surface area contributed by atoms with Crippen LogP contribution >= 0.6 is 0 Å². The number of unbranched alkanes of at least 4 members (excludes halogenated alkanes) is 44. The third kappa shape index (κ3) is 64.1. The molecule has 6 nitrogen and oxygen atoms in total. The van der Waals surface area contributed by atoms with E-state index in [9.17, 15) is 14.4 Å². The summed E-state index contributed by atoms with van der Waals surface area (Å²) in [4.78, 5) is 38.4. The van der Waals surface area contributed by atoms with Gasteiger partial charge in [0.15, 0.2) is 6.10 Å². The van der Waals surface area contributed by atoms with E-state index in [1.165, 1.54) is 238 Å². The van der Waals surface area contributed by atoms with Crippen LogP contribution in [0.4, 0.5) is 0 Å². The molecule has 6 heteroatoms. The van der Waals surface area contributed by atoms with Gasteiger partial charge in [-0.1, -0.05) is 339 Å². The minimum atomic E-state index is -0.774. The maximum absolute atomic E-state index is 12.9. The smallest absolute Gasteiger partial charge is 0.306 e. The molecule has 0 rings (SSSR count). The van der Waals surface area contributed by atoms with Crippen LogP contribution in [0.25, 0.3) is 0 Å². The van der Waals surface area contributed by atoms with E-state index in [1.54, 1.807) is 0 Å². The van der Waals surface area contributed by atoms with Crippen LogP contribution in [0.1, 0.15) is 367 Å². The van der Waals surface area contributed by atoms with Gasteiger partial charge in [-0.2, -0.15) is 0 Å². The number of allylic oxidation sites excluding steroid dienone is 8. The maximum atomic E-state index is 12.9. The number of rotatable bonds is 63. The highest BCUT2D eigenvalue weighted by atomic mass is 16.6. The van der Waals surface area contributed by atoms with Crippen molar-refractivity contribution in [3.63, 3.8) is 0 Å². The first-order valence-electron chi connectivity index (χ1n) is 34.1. The largest absolute Gasteiger partial charge is 0.462 e. The summed E-state index contributed by atoms with van der Waals surface area (Å²) < 4.78 is 17.0. The molecule has 0 aromatic rings. The van der Waals surface area contributed by atoms with Crippen LogP contribution in [0, 0.1) is 0 Å².